The average molecular weight is 264 g/mol. The van der Waals surface area contributed by atoms with Crippen molar-refractivity contribution in [1.29, 1.82) is 0 Å². The van der Waals surface area contributed by atoms with Crippen molar-refractivity contribution in [2.24, 2.45) is 16.5 Å². The number of nitrogens with two attached hydrogens (primary N) is 2. The number of nitrogens with zero attached hydrogens (tertiary/aromatic N) is 1. The zero-order chi connectivity index (χ0) is 13.3. The largest absolute Gasteiger partial charge is 0.480 e. The number of hydrogen-bond donors (Lipinski definition) is 5. The number of guanidine groups is 1. The lowest BCUT2D eigenvalue weighted by Gasteiger charge is -2.16. The van der Waals surface area contributed by atoms with Crippen LogP contribution in [0.5, 0.6) is 0 Å². The fourth-order valence-corrected chi connectivity index (χ4v) is 1.24. The smallest absolute Gasteiger partial charge is 0.320 e. The first-order valence-corrected chi connectivity index (χ1v) is 5.67. The van der Waals surface area contributed by atoms with E-state index in [1.165, 1.54) is 0 Å². The zero-order valence-corrected chi connectivity index (χ0v) is 10.6. The van der Waals surface area contributed by atoms with Crippen molar-refractivity contribution in [1.82, 2.24) is 5.32 Å². The van der Waals surface area contributed by atoms with Crippen molar-refractivity contribution < 1.29 is 20.5 Å². The van der Waals surface area contributed by atoms with Crippen LogP contribution in [0.3, 0.4) is 0 Å². The van der Waals surface area contributed by atoms with Gasteiger partial charge in [0.1, 0.15) is 6.04 Å². The summed E-state index contributed by atoms with van der Waals surface area (Å²) >= 11 is 0. The Balaban J connectivity index is 0. The monoisotopic (exact) mass is 264 g/mol. The molecule has 0 fully saturated rings. The molecule has 0 aromatic rings. The quantitative estimate of drug-likeness (QED) is 0.184. The van der Waals surface area contributed by atoms with Gasteiger partial charge in [-0.05, 0) is 19.3 Å². The highest BCUT2D eigenvalue weighted by Gasteiger charge is 2.16. The van der Waals surface area contributed by atoms with E-state index in [0.717, 1.165) is 0 Å². The van der Waals surface area contributed by atoms with E-state index < -0.39 is 18.1 Å². The summed E-state index contributed by atoms with van der Waals surface area (Å²) in [6.07, 6.45) is 1.06. The van der Waals surface area contributed by atoms with Gasteiger partial charge in [-0.2, -0.15) is 0 Å². The summed E-state index contributed by atoms with van der Waals surface area (Å²) in [7, 11) is 0. The Morgan fingerprint density at radius 2 is 2.06 bits per heavy atom. The number of carboxylic acids is 1. The van der Waals surface area contributed by atoms with Crippen molar-refractivity contribution in [3.05, 3.63) is 0 Å². The molecule has 0 saturated carbocycles. The van der Waals surface area contributed by atoms with Gasteiger partial charge in [0.2, 0.25) is 0 Å². The van der Waals surface area contributed by atoms with Gasteiger partial charge in [-0.3, -0.25) is 9.79 Å². The van der Waals surface area contributed by atoms with E-state index in [0.29, 0.717) is 25.8 Å². The summed E-state index contributed by atoms with van der Waals surface area (Å²) in [4.78, 5) is 14.7. The lowest BCUT2D eigenvalue weighted by Crippen LogP contribution is -2.40. The van der Waals surface area contributed by atoms with Gasteiger partial charge in [-0.1, -0.05) is 6.92 Å². The standard InChI is InChI=1S/C10H22N4O3.H2O/c1-2-7(15)6-14-8(9(16)17)4-3-5-13-10(11)12;/h7-8,14-15H,2-6H2,1H3,(H,16,17)(H4,11,12,13);1H2/t7?,8-;/m0./s1. The summed E-state index contributed by atoms with van der Waals surface area (Å²) in [6, 6.07) is -0.676. The number of aliphatic hydroxyl groups excluding tert-OH is 1. The molecule has 1 unspecified atom stereocenters. The highest BCUT2D eigenvalue weighted by Crippen LogP contribution is 1.99. The van der Waals surface area contributed by atoms with Gasteiger partial charge >= 0.3 is 5.97 Å². The lowest BCUT2D eigenvalue weighted by molar-refractivity contribution is -0.139. The fourth-order valence-electron chi connectivity index (χ4n) is 1.24. The Labute approximate surface area is 106 Å². The number of nitrogens with one attached hydrogen (secondary N) is 1. The van der Waals surface area contributed by atoms with Crippen LogP contribution in [0.2, 0.25) is 0 Å². The SMILES string of the molecule is CCC(O)CN[C@@H](CCCN=C(N)N)C(=O)O.O. The second-order valence-corrected chi connectivity index (χ2v) is 3.81. The molecule has 0 aliphatic heterocycles. The fraction of sp³-hybridized carbons (Fsp3) is 0.800. The highest BCUT2D eigenvalue weighted by atomic mass is 16.4. The van der Waals surface area contributed by atoms with Crippen LogP contribution in [0.25, 0.3) is 0 Å². The Hall–Kier alpha value is -1.38. The summed E-state index contributed by atoms with van der Waals surface area (Å²) in [5.41, 5.74) is 10.3. The molecular formula is C10H24N4O4. The molecule has 0 heterocycles. The molecule has 0 aromatic heterocycles. The Morgan fingerprint density at radius 1 is 1.44 bits per heavy atom. The minimum Gasteiger partial charge on any atom is -0.480 e. The van der Waals surface area contributed by atoms with Crippen molar-refractivity contribution >= 4 is 11.9 Å². The molecule has 0 aliphatic carbocycles. The van der Waals surface area contributed by atoms with Crippen LogP contribution in [0.15, 0.2) is 4.99 Å². The van der Waals surface area contributed by atoms with Crippen molar-refractivity contribution in [2.75, 3.05) is 13.1 Å². The van der Waals surface area contributed by atoms with Crippen molar-refractivity contribution in [3.8, 4) is 0 Å². The third-order valence-corrected chi connectivity index (χ3v) is 2.31. The van der Waals surface area contributed by atoms with Crippen LogP contribution in [-0.4, -0.2) is 52.9 Å². The van der Waals surface area contributed by atoms with Crippen LogP contribution in [-0.2, 0) is 4.79 Å². The highest BCUT2D eigenvalue weighted by molar-refractivity contribution is 5.75. The molecule has 9 N–H and O–H groups in total. The van der Waals surface area contributed by atoms with Crippen molar-refractivity contribution in [3.63, 3.8) is 0 Å². The number of rotatable bonds is 9. The number of aliphatic hydroxyl groups is 1. The Bertz CT molecular complexity index is 256. The predicted octanol–water partition coefficient (Wildman–Crippen LogP) is -1.97. The molecule has 0 saturated heterocycles. The second-order valence-electron chi connectivity index (χ2n) is 3.81. The lowest BCUT2D eigenvalue weighted by atomic mass is 10.1. The molecule has 0 rings (SSSR count). The molecule has 0 radical (unpaired) electrons. The first kappa shape index (κ1) is 19.0. The van der Waals surface area contributed by atoms with Crippen LogP contribution in [0, 0.1) is 0 Å². The maximum Gasteiger partial charge on any atom is 0.320 e. The minimum absolute atomic E-state index is 0. The predicted molar refractivity (Wildman–Crippen MR) is 69.2 cm³/mol. The first-order valence-electron chi connectivity index (χ1n) is 5.67. The molecule has 18 heavy (non-hydrogen) atoms. The van der Waals surface area contributed by atoms with Crippen LogP contribution in [0.4, 0.5) is 0 Å². The van der Waals surface area contributed by atoms with Crippen molar-refractivity contribution in [2.45, 2.75) is 38.3 Å². The molecule has 0 aromatic carbocycles. The summed E-state index contributed by atoms with van der Waals surface area (Å²) in [5.74, 6) is -0.927. The van der Waals surface area contributed by atoms with Gasteiger partial charge in [-0.15, -0.1) is 0 Å². The summed E-state index contributed by atoms with van der Waals surface area (Å²) < 4.78 is 0. The Morgan fingerprint density at radius 3 is 2.50 bits per heavy atom. The molecule has 8 nitrogen and oxygen atoms in total. The second kappa shape index (κ2) is 10.8. The molecular weight excluding hydrogens is 240 g/mol. The first-order chi connectivity index (χ1) is 7.97. The van der Waals surface area contributed by atoms with Gasteiger partial charge in [0, 0.05) is 13.1 Å². The van der Waals surface area contributed by atoms with E-state index in [9.17, 15) is 9.90 Å². The number of aliphatic carboxylic acids is 1. The van der Waals surface area contributed by atoms with E-state index in [-0.39, 0.29) is 18.0 Å². The minimum atomic E-state index is -0.932. The van der Waals surface area contributed by atoms with Gasteiger partial charge in [-0.25, -0.2) is 0 Å². The van der Waals surface area contributed by atoms with E-state index in [2.05, 4.69) is 10.3 Å². The van der Waals surface area contributed by atoms with Gasteiger partial charge in [0.15, 0.2) is 5.96 Å². The molecule has 0 bridgehead atoms. The number of aliphatic imine (C=N–C) groups is 1. The molecule has 0 spiro atoms. The normalized spacial score (nSPS) is 13.2. The number of hydrogen-bond acceptors (Lipinski definition) is 4. The summed E-state index contributed by atoms with van der Waals surface area (Å²) in [6.45, 7) is 2.51. The van der Waals surface area contributed by atoms with E-state index >= 15 is 0 Å². The average Bonchev–Trinajstić information content (AvgIpc) is 2.26. The third-order valence-electron chi connectivity index (χ3n) is 2.31. The van der Waals surface area contributed by atoms with Gasteiger partial charge in [0.05, 0.1) is 6.10 Å². The van der Waals surface area contributed by atoms with E-state index in [1.54, 1.807) is 0 Å². The molecule has 0 aliphatic rings. The van der Waals surface area contributed by atoms with E-state index in [4.69, 9.17) is 16.6 Å². The molecule has 0 amide bonds. The maximum absolute atomic E-state index is 10.9. The zero-order valence-electron chi connectivity index (χ0n) is 10.6. The number of carboxylic acid groups (broad SMARTS) is 1. The molecule has 2 atom stereocenters. The van der Waals surface area contributed by atoms with Crippen LogP contribution < -0.4 is 16.8 Å². The number of carbonyl (C=O) groups is 1. The molecule has 8 heteroatoms. The molecule has 108 valence electrons. The third kappa shape index (κ3) is 9.82. The van der Waals surface area contributed by atoms with E-state index in [1.807, 2.05) is 6.92 Å². The van der Waals surface area contributed by atoms with Crippen LogP contribution in [0.1, 0.15) is 26.2 Å². The van der Waals surface area contributed by atoms with Crippen LogP contribution >= 0.6 is 0 Å². The van der Waals surface area contributed by atoms with Gasteiger partial charge in [0.25, 0.3) is 0 Å². The Kier molecular flexibility index (Phi) is 11.3. The topological polar surface area (TPSA) is 165 Å². The maximum atomic E-state index is 10.9. The summed E-state index contributed by atoms with van der Waals surface area (Å²) in [5, 5.41) is 21.1. The van der Waals surface area contributed by atoms with Gasteiger partial charge < -0.3 is 32.5 Å².